The summed E-state index contributed by atoms with van der Waals surface area (Å²) < 4.78 is 59.5. The molecule has 33 heavy (non-hydrogen) atoms. The normalized spacial score (nSPS) is 14.2. The quantitative estimate of drug-likeness (QED) is 0.617. The summed E-state index contributed by atoms with van der Waals surface area (Å²) in [7, 11) is 2.26. The van der Waals surface area contributed by atoms with E-state index < -0.39 is 40.6 Å². The largest absolute Gasteiger partial charge is 0.484 e. The molecule has 1 aromatic carbocycles. The number of hydroxylamine groups is 1. The predicted molar refractivity (Wildman–Crippen MR) is 105 cm³/mol. The molecule has 2 heterocycles. The summed E-state index contributed by atoms with van der Waals surface area (Å²) in [6, 6.07) is 1.76. The number of nitrogens with one attached hydrogen (secondary N) is 1. The van der Waals surface area contributed by atoms with Crippen molar-refractivity contribution in [1.29, 1.82) is 0 Å². The molecule has 0 fully saturated rings. The third kappa shape index (κ3) is 4.78. The van der Waals surface area contributed by atoms with Crippen molar-refractivity contribution in [1.82, 2.24) is 25.0 Å². The van der Waals surface area contributed by atoms with E-state index in [1.54, 1.807) is 0 Å². The predicted octanol–water partition coefficient (Wildman–Crippen LogP) is 1.18. The molecule has 0 saturated heterocycles. The van der Waals surface area contributed by atoms with Crippen LogP contribution in [0.5, 0.6) is 5.75 Å². The van der Waals surface area contributed by atoms with Crippen LogP contribution in [-0.4, -0.2) is 44.9 Å². The molecule has 3 rings (SSSR count). The van der Waals surface area contributed by atoms with Crippen molar-refractivity contribution in [2.45, 2.75) is 13.1 Å². The first-order valence-electron chi connectivity index (χ1n) is 8.88. The summed E-state index contributed by atoms with van der Waals surface area (Å²) in [5.74, 6) is -2.02. The molecule has 0 aliphatic carbocycles. The minimum atomic E-state index is -4.98. The highest BCUT2D eigenvalue weighted by Gasteiger charge is 2.35. The molecule has 0 saturated carbocycles. The number of benzene rings is 1. The molecule has 178 valence electrons. The van der Waals surface area contributed by atoms with E-state index in [9.17, 15) is 31.9 Å². The van der Waals surface area contributed by atoms with Gasteiger partial charge in [-0.3, -0.25) is 9.36 Å². The highest BCUT2D eigenvalue weighted by molar-refractivity contribution is 6.32. The standard InChI is InChI=1S/C17H15ClF4N6O5/c1-8(29)33-28-14(23-24-26(28)3)7-32-12-5-11(10(19)4-9(12)18)27-15(30)6-13(17(20,21)22)25(2)16(27)31/h4-6,24H,7H2,1-3H3. The molecule has 1 aromatic heterocycles. The number of hydrazine groups is 2. The second-order valence-corrected chi connectivity index (χ2v) is 6.98. The first kappa shape index (κ1) is 24.1. The van der Waals surface area contributed by atoms with Gasteiger partial charge in [0.1, 0.15) is 17.3 Å². The fourth-order valence-electron chi connectivity index (χ4n) is 2.77. The molecule has 0 bridgehead atoms. The smallest absolute Gasteiger partial charge is 0.431 e. The van der Waals surface area contributed by atoms with Crippen molar-refractivity contribution in [2.75, 3.05) is 13.7 Å². The number of nitrogens with zero attached hydrogens (tertiary/aromatic N) is 5. The Morgan fingerprint density at radius 2 is 1.88 bits per heavy atom. The molecule has 16 heteroatoms. The van der Waals surface area contributed by atoms with E-state index in [0.29, 0.717) is 0 Å². The van der Waals surface area contributed by atoms with Crippen LogP contribution in [-0.2, 0) is 22.9 Å². The third-order valence-corrected chi connectivity index (χ3v) is 4.54. The van der Waals surface area contributed by atoms with Gasteiger partial charge in [-0.15, -0.1) is 5.10 Å². The Morgan fingerprint density at radius 3 is 2.48 bits per heavy atom. The maximum absolute atomic E-state index is 14.6. The molecular formula is C17H15ClF4N6O5. The molecule has 0 amide bonds. The van der Waals surface area contributed by atoms with Crippen LogP contribution in [0.25, 0.3) is 5.69 Å². The number of aromatic nitrogens is 2. The van der Waals surface area contributed by atoms with Crippen LogP contribution in [0.4, 0.5) is 17.6 Å². The van der Waals surface area contributed by atoms with Gasteiger partial charge in [-0.1, -0.05) is 21.9 Å². The van der Waals surface area contributed by atoms with Gasteiger partial charge in [0.2, 0.25) is 5.84 Å². The number of halogens is 5. The SMILES string of the molecule is CC(=O)ON1C(COc2cc(-n3c(=O)cc(C(F)(F)F)n(C)c3=O)c(F)cc2Cl)=NNN1C. The maximum Gasteiger partial charge on any atom is 0.431 e. The monoisotopic (exact) mass is 494 g/mol. The molecule has 1 N–H and O–H groups in total. The maximum atomic E-state index is 14.6. The van der Waals surface area contributed by atoms with Crippen LogP contribution in [0.15, 0.2) is 32.9 Å². The van der Waals surface area contributed by atoms with Gasteiger partial charge in [-0.2, -0.15) is 13.2 Å². The summed E-state index contributed by atoms with van der Waals surface area (Å²) in [6.45, 7) is 0.769. The van der Waals surface area contributed by atoms with E-state index in [-0.39, 0.29) is 38.4 Å². The molecule has 0 radical (unpaired) electrons. The topological polar surface area (TPSA) is 110 Å². The average molecular weight is 495 g/mol. The average Bonchev–Trinajstić information content (AvgIpc) is 3.03. The molecule has 2 aromatic rings. The van der Waals surface area contributed by atoms with Crippen LogP contribution in [0.2, 0.25) is 5.02 Å². The minimum absolute atomic E-state index is 0.0391. The Bertz CT molecular complexity index is 1260. The number of hydrogen-bond acceptors (Lipinski definition) is 9. The van der Waals surface area contributed by atoms with E-state index in [1.165, 1.54) is 12.2 Å². The Hall–Kier alpha value is -3.59. The molecule has 1 aliphatic heterocycles. The van der Waals surface area contributed by atoms with Gasteiger partial charge in [0.15, 0.2) is 6.61 Å². The number of carbonyl (C=O) groups excluding carboxylic acids is 1. The van der Waals surface area contributed by atoms with Crippen molar-refractivity contribution < 1.29 is 31.9 Å². The van der Waals surface area contributed by atoms with Crippen LogP contribution in [0.3, 0.4) is 0 Å². The fourth-order valence-corrected chi connectivity index (χ4v) is 2.98. The number of alkyl halides is 3. The van der Waals surface area contributed by atoms with Crippen LogP contribution in [0, 0.1) is 5.82 Å². The van der Waals surface area contributed by atoms with Gasteiger partial charge in [-0.25, -0.2) is 24.1 Å². The molecule has 1 aliphatic rings. The molecule has 0 unspecified atom stereocenters. The first-order chi connectivity index (χ1) is 15.3. The molecule has 0 spiro atoms. The van der Waals surface area contributed by atoms with Gasteiger partial charge in [0, 0.05) is 33.2 Å². The summed E-state index contributed by atoms with van der Waals surface area (Å²) in [5, 5.41) is 5.73. The fraction of sp³-hybridized carbons (Fsp3) is 0.294. The minimum Gasteiger partial charge on any atom is -0.484 e. The molecule has 0 atom stereocenters. The number of amidine groups is 1. The van der Waals surface area contributed by atoms with Gasteiger partial charge in [0.05, 0.1) is 10.7 Å². The summed E-state index contributed by atoms with van der Waals surface area (Å²) >= 11 is 5.97. The zero-order valence-electron chi connectivity index (χ0n) is 17.1. The van der Waals surface area contributed by atoms with Crippen LogP contribution < -0.4 is 21.5 Å². The van der Waals surface area contributed by atoms with Gasteiger partial charge in [0.25, 0.3) is 5.56 Å². The van der Waals surface area contributed by atoms with Crippen molar-refractivity contribution in [3.05, 3.63) is 55.6 Å². The number of hydrogen-bond donors (Lipinski definition) is 1. The highest BCUT2D eigenvalue weighted by Crippen LogP contribution is 2.30. The zero-order valence-corrected chi connectivity index (χ0v) is 17.9. The number of ether oxygens (including phenoxy) is 1. The second-order valence-electron chi connectivity index (χ2n) is 6.57. The first-order valence-corrected chi connectivity index (χ1v) is 9.26. The summed E-state index contributed by atoms with van der Waals surface area (Å²) in [6.07, 6.45) is -4.98. The number of carbonyl (C=O) groups is 1. The van der Waals surface area contributed by atoms with E-state index in [2.05, 4.69) is 10.6 Å². The lowest BCUT2D eigenvalue weighted by molar-refractivity contribution is -0.223. The van der Waals surface area contributed by atoms with Crippen molar-refractivity contribution >= 4 is 23.4 Å². The van der Waals surface area contributed by atoms with E-state index in [0.717, 1.165) is 31.3 Å². The Kier molecular flexibility index (Phi) is 6.37. The van der Waals surface area contributed by atoms with Crippen molar-refractivity contribution in [3.8, 4) is 11.4 Å². The van der Waals surface area contributed by atoms with Crippen LogP contribution in [0.1, 0.15) is 12.6 Å². The Balaban J connectivity index is 1.98. The van der Waals surface area contributed by atoms with Gasteiger partial charge < -0.3 is 9.57 Å². The Morgan fingerprint density at radius 1 is 1.21 bits per heavy atom. The van der Waals surface area contributed by atoms with Crippen molar-refractivity contribution in [2.24, 2.45) is 12.1 Å². The molecular weight excluding hydrogens is 480 g/mol. The van der Waals surface area contributed by atoms with Crippen LogP contribution >= 0.6 is 11.6 Å². The number of hydrazone groups is 1. The van der Waals surface area contributed by atoms with E-state index in [4.69, 9.17) is 21.2 Å². The lowest BCUT2D eigenvalue weighted by Gasteiger charge is -2.23. The molecule has 11 nitrogen and oxygen atoms in total. The van der Waals surface area contributed by atoms with Gasteiger partial charge in [-0.05, 0) is 6.07 Å². The summed E-state index contributed by atoms with van der Waals surface area (Å²) in [4.78, 5) is 40.9. The second kappa shape index (κ2) is 8.74. The lowest BCUT2D eigenvalue weighted by atomic mass is 10.2. The Labute approximate surface area is 186 Å². The number of rotatable bonds is 5. The zero-order chi connectivity index (χ0) is 24.7. The van der Waals surface area contributed by atoms with Gasteiger partial charge >= 0.3 is 17.8 Å². The lowest BCUT2D eigenvalue weighted by Crippen LogP contribution is -2.45. The van der Waals surface area contributed by atoms with E-state index in [1.807, 2.05) is 0 Å². The highest BCUT2D eigenvalue weighted by atomic mass is 35.5. The van der Waals surface area contributed by atoms with Crippen molar-refractivity contribution in [3.63, 3.8) is 0 Å². The van der Waals surface area contributed by atoms with E-state index >= 15 is 0 Å². The summed E-state index contributed by atoms with van der Waals surface area (Å²) in [5.41, 5.74) is -2.56. The third-order valence-electron chi connectivity index (χ3n) is 4.24.